The SMILES string of the molecule is CC(C)(C)[S@@](=O)N[C@@H](C[C@@H]1CO1)c1ccccc1. The highest BCUT2D eigenvalue weighted by atomic mass is 32.2. The molecule has 1 N–H and O–H groups in total. The van der Waals surface area contributed by atoms with Crippen molar-refractivity contribution >= 4 is 11.0 Å². The van der Waals surface area contributed by atoms with Crippen LogP contribution >= 0.6 is 0 Å². The monoisotopic (exact) mass is 267 g/mol. The van der Waals surface area contributed by atoms with Crippen LogP contribution in [0.1, 0.15) is 38.8 Å². The Kier molecular flexibility index (Phi) is 4.20. The highest BCUT2D eigenvalue weighted by molar-refractivity contribution is 7.84. The van der Waals surface area contributed by atoms with Gasteiger partial charge in [-0.15, -0.1) is 0 Å². The number of hydrogen-bond donors (Lipinski definition) is 1. The van der Waals surface area contributed by atoms with Crippen molar-refractivity contribution < 1.29 is 8.95 Å². The van der Waals surface area contributed by atoms with E-state index >= 15 is 0 Å². The van der Waals surface area contributed by atoms with Gasteiger partial charge in [-0.1, -0.05) is 30.3 Å². The van der Waals surface area contributed by atoms with E-state index in [1.807, 2.05) is 39.0 Å². The van der Waals surface area contributed by atoms with Gasteiger partial charge in [0, 0.05) is 6.04 Å². The van der Waals surface area contributed by atoms with E-state index in [-0.39, 0.29) is 10.8 Å². The van der Waals surface area contributed by atoms with Crippen LogP contribution < -0.4 is 4.72 Å². The van der Waals surface area contributed by atoms with Gasteiger partial charge in [-0.2, -0.15) is 0 Å². The van der Waals surface area contributed by atoms with Crippen LogP contribution in [0.5, 0.6) is 0 Å². The molecular formula is C14H21NO2S. The van der Waals surface area contributed by atoms with E-state index in [1.165, 1.54) is 5.56 Å². The smallest absolute Gasteiger partial charge is 0.0975 e. The predicted octanol–water partition coefficient (Wildman–Crippen LogP) is 2.57. The Labute approximate surface area is 112 Å². The van der Waals surface area contributed by atoms with Crippen LogP contribution in [0.3, 0.4) is 0 Å². The number of ether oxygens (including phenoxy) is 1. The molecule has 1 aliphatic rings. The van der Waals surface area contributed by atoms with E-state index in [1.54, 1.807) is 0 Å². The van der Waals surface area contributed by atoms with Gasteiger partial charge < -0.3 is 4.74 Å². The topological polar surface area (TPSA) is 41.6 Å². The molecule has 0 amide bonds. The summed E-state index contributed by atoms with van der Waals surface area (Å²) in [6.45, 7) is 6.76. The van der Waals surface area contributed by atoms with Crippen LogP contribution in [0.15, 0.2) is 30.3 Å². The summed E-state index contributed by atoms with van der Waals surface area (Å²) < 4.78 is 20.5. The van der Waals surface area contributed by atoms with Crippen LogP contribution in [0.4, 0.5) is 0 Å². The van der Waals surface area contributed by atoms with E-state index in [0.29, 0.717) is 6.10 Å². The second-order valence-corrected chi connectivity index (χ2v) is 7.65. The van der Waals surface area contributed by atoms with Crippen molar-refractivity contribution in [3.8, 4) is 0 Å². The third-order valence-corrected chi connectivity index (χ3v) is 4.52. The molecule has 0 aromatic heterocycles. The maximum atomic E-state index is 12.2. The minimum atomic E-state index is -1.06. The summed E-state index contributed by atoms with van der Waals surface area (Å²) >= 11 is 0. The largest absolute Gasteiger partial charge is 0.373 e. The lowest BCUT2D eigenvalue weighted by Crippen LogP contribution is -2.36. The molecule has 1 aliphatic heterocycles. The van der Waals surface area contributed by atoms with Gasteiger partial charge in [-0.3, -0.25) is 0 Å². The first-order valence-electron chi connectivity index (χ1n) is 6.31. The second kappa shape index (κ2) is 5.51. The molecule has 1 fully saturated rings. The molecule has 4 heteroatoms. The van der Waals surface area contributed by atoms with Crippen LogP contribution in [-0.4, -0.2) is 21.7 Å². The van der Waals surface area contributed by atoms with Crippen molar-refractivity contribution in [2.45, 2.75) is 44.1 Å². The third-order valence-electron chi connectivity index (χ3n) is 2.91. The highest BCUT2D eigenvalue weighted by Crippen LogP contribution is 2.27. The summed E-state index contributed by atoms with van der Waals surface area (Å²) in [5, 5.41) is 0. The summed E-state index contributed by atoms with van der Waals surface area (Å²) in [5.74, 6) is 0. The van der Waals surface area contributed by atoms with Crippen molar-refractivity contribution in [3.05, 3.63) is 35.9 Å². The molecular weight excluding hydrogens is 246 g/mol. The van der Waals surface area contributed by atoms with E-state index in [4.69, 9.17) is 4.74 Å². The van der Waals surface area contributed by atoms with Crippen LogP contribution in [-0.2, 0) is 15.7 Å². The second-order valence-electron chi connectivity index (χ2n) is 5.65. The average molecular weight is 267 g/mol. The maximum absolute atomic E-state index is 12.2. The minimum Gasteiger partial charge on any atom is -0.373 e. The number of hydrogen-bond acceptors (Lipinski definition) is 2. The molecule has 3 atom stereocenters. The molecule has 18 heavy (non-hydrogen) atoms. The first-order chi connectivity index (χ1) is 8.47. The molecule has 3 nitrogen and oxygen atoms in total. The first kappa shape index (κ1) is 13.7. The van der Waals surface area contributed by atoms with Crippen LogP contribution in [0.2, 0.25) is 0 Å². The van der Waals surface area contributed by atoms with E-state index < -0.39 is 11.0 Å². The fourth-order valence-electron chi connectivity index (χ4n) is 1.71. The maximum Gasteiger partial charge on any atom is 0.0975 e. The van der Waals surface area contributed by atoms with Crippen molar-refractivity contribution in [1.29, 1.82) is 0 Å². The number of benzene rings is 1. The standard InChI is InChI=1S/C14H21NO2S/c1-14(2,3)18(16)15-13(9-12-10-17-12)11-7-5-4-6-8-11/h4-8,12-13,15H,9-10H2,1-3H3/t12-,13+,18-/m1/s1. The molecule has 0 unspecified atom stereocenters. The molecule has 1 aromatic rings. The Morgan fingerprint density at radius 3 is 2.50 bits per heavy atom. The van der Waals surface area contributed by atoms with Crippen LogP contribution in [0, 0.1) is 0 Å². The zero-order chi connectivity index (χ0) is 13.2. The highest BCUT2D eigenvalue weighted by Gasteiger charge is 2.30. The van der Waals surface area contributed by atoms with E-state index in [0.717, 1.165) is 13.0 Å². The Morgan fingerprint density at radius 2 is 2.00 bits per heavy atom. The Balaban J connectivity index is 2.08. The lowest BCUT2D eigenvalue weighted by molar-refractivity contribution is 0.376. The van der Waals surface area contributed by atoms with Gasteiger partial charge in [-0.05, 0) is 32.8 Å². The predicted molar refractivity (Wildman–Crippen MR) is 74.6 cm³/mol. The Hall–Kier alpha value is -0.710. The molecule has 2 rings (SSSR count). The lowest BCUT2D eigenvalue weighted by Gasteiger charge is -2.24. The van der Waals surface area contributed by atoms with E-state index in [2.05, 4.69) is 16.9 Å². The van der Waals surface area contributed by atoms with Gasteiger partial charge in [-0.25, -0.2) is 8.93 Å². The lowest BCUT2D eigenvalue weighted by atomic mass is 10.0. The Bertz CT molecular complexity index is 410. The van der Waals surface area contributed by atoms with Gasteiger partial charge >= 0.3 is 0 Å². The molecule has 1 aromatic carbocycles. The molecule has 100 valence electrons. The van der Waals surface area contributed by atoms with Gasteiger partial charge in [0.25, 0.3) is 0 Å². The number of epoxide rings is 1. The van der Waals surface area contributed by atoms with Crippen molar-refractivity contribution in [2.24, 2.45) is 0 Å². The van der Waals surface area contributed by atoms with Gasteiger partial charge in [0.05, 0.1) is 28.4 Å². The number of nitrogens with one attached hydrogen (secondary N) is 1. The summed E-state index contributed by atoms with van der Waals surface area (Å²) in [6, 6.07) is 10.3. The van der Waals surface area contributed by atoms with Gasteiger partial charge in [0.1, 0.15) is 0 Å². The van der Waals surface area contributed by atoms with Crippen molar-refractivity contribution in [2.75, 3.05) is 6.61 Å². The fraction of sp³-hybridized carbons (Fsp3) is 0.571. The normalized spacial score (nSPS) is 22.5. The van der Waals surface area contributed by atoms with Gasteiger partial charge in [0.2, 0.25) is 0 Å². The molecule has 1 heterocycles. The molecule has 0 spiro atoms. The molecule has 0 radical (unpaired) electrons. The molecule has 0 bridgehead atoms. The van der Waals surface area contributed by atoms with Crippen LogP contribution in [0.25, 0.3) is 0 Å². The van der Waals surface area contributed by atoms with Gasteiger partial charge in [0.15, 0.2) is 0 Å². The number of rotatable bonds is 5. The molecule has 0 aliphatic carbocycles. The summed E-state index contributed by atoms with van der Waals surface area (Å²) in [4.78, 5) is 0. The van der Waals surface area contributed by atoms with E-state index in [9.17, 15) is 4.21 Å². The van der Waals surface area contributed by atoms with Crippen molar-refractivity contribution in [1.82, 2.24) is 4.72 Å². The first-order valence-corrected chi connectivity index (χ1v) is 7.46. The third kappa shape index (κ3) is 3.90. The molecule has 1 saturated heterocycles. The summed E-state index contributed by atoms with van der Waals surface area (Å²) in [5.41, 5.74) is 1.17. The summed E-state index contributed by atoms with van der Waals surface area (Å²) in [7, 11) is -1.06. The van der Waals surface area contributed by atoms with Crippen molar-refractivity contribution in [3.63, 3.8) is 0 Å². The molecule has 0 saturated carbocycles. The fourth-order valence-corrected chi connectivity index (χ4v) is 2.55. The summed E-state index contributed by atoms with van der Waals surface area (Å²) in [6.07, 6.45) is 1.20. The quantitative estimate of drug-likeness (QED) is 0.833. The minimum absolute atomic E-state index is 0.0961. The zero-order valence-electron chi connectivity index (χ0n) is 11.2. The zero-order valence-corrected chi connectivity index (χ0v) is 12.0. The Morgan fingerprint density at radius 1 is 1.39 bits per heavy atom. The average Bonchev–Trinajstić information content (AvgIpc) is 3.12.